The van der Waals surface area contributed by atoms with Crippen LogP contribution in [0.15, 0.2) is 72.8 Å². The maximum atomic E-state index is 13.1. The Kier molecular flexibility index (Phi) is 6.14. The molecule has 2 aliphatic rings. The molecule has 5 rings (SSSR count). The molecular weight excluding hydrogens is 426 g/mol. The standard InChI is InChI=1S/C28H27N3O3/c32-27-25(23-13-12-21(28(33)34)17-24(23)30-27)26(20-9-3-1-4-10-20)29-22-11-7-8-19(16-22)18-31-14-5-2-6-15-31/h1,3-4,7-13,16-17,29H,2,5-6,14-15,18H2,(H,30,32)(H,33,34). The highest BCUT2D eigenvalue weighted by atomic mass is 16.4. The Morgan fingerprint density at radius 1 is 0.912 bits per heavy atom. The number of anilines is 2. The van der Waals surface area contributed by atoms with E-state index in [1.165, 1.54) is 37.0 Å². The summed E-state index contributed by atoms with van der Waals surface area (Å²) in [6.45, 7) is 3.17. The number of nitrogens with zero attached hydrogens (tertiary/aromatic N) is 1. The number of carbonyl (C=O) groups is 2. The summed E-state index contributed by atoms with van der Waals surface area (Å²) < 4.78 is 0. The van der Waals surface area contributed by atoms with Gasteiger partial charge in [-0.3, -0.25) is 9.69 Å². The Morgan fingerprint density at radius 2 is 1.71 bits per heavy atom. The van der Waals surface area contributed by atoms with E-state index in [4.69, 9.17) is 0 Å². The van der Waals surface area contributed by atoms with Crippen molar-refractivity contribution in [2.45, 2.75) is 25.8 Å². The van der Waals surface area contributed by atoms with Crippen LogP contribution in [0.2, 0.25) is 0 Å². The molecule has 0 saturated carbocycles. The van der Waals surface area contributed by atoms with Crippen molar-refractivity contribution in [3.8, 4) is 0 Å². The largest absolute Gasteiger partial charge is 0.478 e. The lowest BCUT2D eigenvalue weighted by Crippen LogP contribution is -2.29. The summed E-state index contributed by atoms with van der Waals surface area (Å²) in [5, 5.41) is 15.7. The fourth-order valence-corrected chi connectivity index (χ4v) is 4.71. The number of carbonyl (C=O) groups excluding carboxylic acids is 1. The second kappa shape index (κ2) is 9.53. The molecular formula is C28H27N3O3. The monoisotopic (exact) mass is 453 g/mol. The number of benzene rings is 3. The van der Waals surface area contributed by atoms with Crippen LogP contribution in [0, 0.1) is 0 Å². The smallest absolute Gasteiger partial charge is 0.335 e. The molecule has 0 unspecified atom stereocenters. The molecule has 2 heterocycles. The minimum absolute atomic E-state index is 0.139. The van der Waals surface area contributed by atoms with E-state index in [1.54, 1.807) is 6.07 Å². The normalized spacial score (nSPS) is 17.1. The molecule has 1 saturated heterocycles. The Labute approximate surface area is 198 Å². The van der Waals surface area contributed by atoms with Crippen molar-refractivity contribution in [3.05, 3.63) is 95.1 Å². The van der Waals surface area contributed by atoms with Gasteiger partial charge in [-0.1, -0.05) is 55.0 Å². The molecule has 1 fully saturated rings. The van der Waals surface area contributed by atoms with Crippen LogP contribution in [0.4, 0.5) is 11.4 Å². The molecule has 1 amide bonds. The number of hydrogen-bond acceptors (Lipinski definition) is 4. The van der Waals surface area contributed by atoms with E-state index < -0.39 is 5.97 Å². The number of likely N-dealkylation sites (tertiary alicyclic amines) is 1. The SMILES string of the molecule is O=C1Nc2cc(C(=O)O)ccc2C1=C(Nc1cccc(CN2CCCCC2)c1)c1ccccc1. The number of hydrogen-bond donors (Lipinski definition) is 3. The number of piperidine rings is 1. The molecule has 0 radical (unpaired) electrons. The average molecular weight is 454 g/mol. The van der Waals surface area contributed by atoms with Crippen LogP contribution in [0.5, 0.6) is 0 Å². The molecule has 172 valence electrons. The highest BCUT2D eigenvalue weighted by Gasteiger charge is 2.29. The van der Waals surface area contributed by atoms with E-state index in [0.29, 0.717) is 22.5 Å². The first-order chi connectivity index (χ1) is 16.6. The van der Waals surface area contributed by atoms with Gasteiger partial charge in [0.1, 0.15) is 0 Å². The summed E-state index contributed by atoms with van der Waals surface area (Å²) in [4.78, 5) is 27.0. The van der Waals surface area contributed by atoms with E-state index in [9.17, 15) is 14.7 Å². The van der Waals surface area contributed by atoms with Crippen LogP contribution in [0.25, 0.3) is 11.3 Å². The van der Waals surface area contributed by atoms with Gasteiger partial charge in [0.25, 0.3) is 5.91 Å². The maximum Gasteiger partial charge on any atom is 0.335 e. The molecule has 0 bridgehead atoms. The van der Waals surface area contributed by atoms with Gasteiger partial charge in [0.15, 0.2) is 0 Å². The van der Waals surface area contributed by atoms with Crippen LogP contribution in [0.3, 0.4) is 0 Å². The number of nitrogens with one attached hydrogen (secondary N) is 2. The molecule has 0 aromatic heterocycles. The Hall–Kier alpha value is -3.90. The van der Waals surface area contributed by atoms with Crippen LogP contribution >= 0.6 is 0 Å². The molecule has 0 spiro atoms. The zero-order valence-electron chi connectivity index (χ0n) is 18.9. The summed E-state index contributed by atoms with van der Waals surface area (Å²) in [7, 11) is 0. The molecule has 3 N–H and O–H groups in total. The molecule has 6 heteroatoms. The van der Waals surface area contributed by atoms with Crippen molar-refractivity contribution in [3.63, 3.8) is 0 Å². The maximum absolute atomic E-state index is 13.1. The molecule has 3 aromatic carbocycles. The number of aromatic carboxylic acids is 1. The number of rotatable bonds is 6. The minimum atomic E-state index is -1.03. The number of carboxylic acid groups (broad SMARTS) is 1. The van der Waals surface area contributed by atoms with E-state index in [2.05, 4.69) is 27.7 Å². The van der Waals surface area contributed by atoms with Gasteiger partial charge >= 0.3 is 5.97 Å². The number of carboxylic acids is 1. The van der Waals surface area contributed by atoms with Crippen LogP contribution < -0.4 is 10.6 Å². The lowest BCUT2D eigenvalue weighted by Gasteiger charge is -2.26. The molecule has 2 aliphatic heterocycles. The first-order valence-corrected chi connectivity index (χ1v) is 11.7. The van der Waals surface area contributed by atoms with Crippen molar-refractivity contribution in [2.24, 2.45) is 0 Å². The Morgan fingerprint density at radius 3 is 2.47 bits per heavy atom. The second-order valence-corrected chi connectivity index (χ2v) is 8.80. The zero-order chi connectivity index (χ0) is 23.5. The summed E-state index contributed by atoms with van der Waals surface area (Å²) in [6, 6.07) is 22.8. The van der Waals surface area contributed by atoms with Gasteiger partial charge in [-0.15, -0.1) is 0 Å². The molecule has 0 atom stereocenters. The van der Waals surface area contributed by atoms with Crippen molar-refractivity contribution in [1.29, 1.82) is 0 Å². The average Bonchev–Trinajstić information content (AvgIpc) is 3.18. The van der Waals surface area contributed by atoms with E-state index in [1.807, 2.05) is 42.5 Å². The van der Waals surface area contributed by atoms with Gasteiger partial charge < -0.3 is 15.7 Å². The fraction of sp³-hybridized carbons (Fsp3) is 0.214. The quantitative estimate of drug-likeness (QED) is 0.441. The van der Waals surface area contributed by atoms with E-state index in [-0.39, 0.29) is 11.5 Å². The summed E-state index contributed by atoms with van der Waals surface area (Å²) in [6.07, 6.45) is 3.81. The summed E-state index contributed by atoms with van der Waals surface area (Å²) in [5.41, 5.74) is 5.54. The number of amides is 1. The highest BCUT2D eigenvalue weighted by Crippen LogP contribution is 2.38. The van der Waals surface area contributed by atoms with E-state index in [0.717, 1.165) is 30.9 Å². The first-order valence-electron chi connectivity index (χ1n) is 11.7. The van der Waals surface area contributed by atoms with E-state index >= 15 is 0 Å². The molecule has 34 heavy (non-hydrogen) atoms. The van der Waals surface area contributed by atoms with Crippen molar-refractivity contribution in [1.82, 2.24) is 4.90 Å². The van der Waals surface area contributed by atoms with Crippen LogP contribution in [-0.2, 0) is 11.3 Å². The van der Waals surface area contributed by atoms with Gasteiger partial charge in [-0.05, 0) is 61.3 Å². The third-order valence-electron chi connectivity index (χ3n) is 6.37. The third-order valence-corrected chi connectivity index (χ3v) is 6.37. The molecule has 0 aliphatic carbocycles. The Balaban J connectivity index is 1.53. The lowest BCUT2D eigenvalue weighted by atomic mass is 9.99. The molecule has 6 nitrogen and oxygen atoms in total. The topological polar surface area (TPSA) is 81.7 Å². The minimum Gasteiger partial charge on any atom is -0.478 e. The van der Waals surface area contributed by atoms with Crippen LogP contribution in [-0.4, -0.2) is 35.0 Å². The Bertz CT molecular complexity index is 1260. The predicted molar refractivity (Wildman–Crippen MR) is 134 cm³/mol. The van der Waals surface area contributed by atoms with Gasteiger partial charge in [0.05, 0.1) is 22.5 Å². The van der Waals surface area contributed by atoms with Crippen LogP contribution in [0.1, 0.15) is 46.3 Å². The van der Waals surface area contributed by atoms with Gasteiger partial charge in [0.2, 0.25) is 0 Å². The number of fused-ring (bicyclic) bond motifs is 1. The van der Waals surface area contributed by atoms with Crippen molar-refractivity contribution < 1.29 is 14.7 Å². The zero-order valence-corrected chi connectivity index (χ0v) is 18.9. The third kappa shape index (κ3) is 4.58. The first kappa shape index (κ1) is 21.9. The fourth-order valence-electron chi connectivity index (χ4n) is 4.71. The second-order valence-electron chi connectivity index (χ2n) is 8.80. The summed E-state index contributed by atoms with van der Waals surface area (Å²) in [5.74, 6) is -1.28. The van der Waals surface area contributed by atoms with Gasteiger partial charge in [-0.2, -0.15) is 0 Å². The van der Waals surface area contributed by atoms with Crippen molar-refractivity contribution >= 4 is 34.5 Å². The molecule has 3 aromatic rings. The van der Waals surface area contributed by atoms with Crippen molar-refractivity contribution in [2.75, 3.05) is 23.7 Å². The van der Waals surface area contributed by atoms with Gasteiger partial charge in [-0.25, -0.2) is 4.79 Å². The predicted octanol–water partition coefficient (Wildman–Crippen LogP) is 5.30. The summed E-state index contributed by atoms with van der Waals surface area (Å²) >= 11 is 0. The highest BCUT2D eigenvalue weighted by molar-refractivity contribution is 6.37. The van der Waals surface area contributed by atoms with Gasteiger partial charge in [0, 0.05) is 17.8 Å². The lowest BCUT2D eigenvalue weighted by molar-refractivity contribution is -0.110.